The van der Waals surface area contributed by atoms with Crippen molar-refractivity contribution in [3.8, 4) is 11.8 Å². The standard InChI is InChI=1S/C20H36/c1-5-7-9-11-12-13-14-16-18-20(19(3)4)17-15-10-8-6-2/h19-20H,1-2,5-9,11-14,16-18H2,3-4H3. The first kappa shape index (κ1) is 19.6. The monoisotopic (exact) mass is 276 g/mol. The lowest BCUT2D eigenvalue weighted by Gasteiger charge is -2.18. The van der Waals surface area contributed by atoms with Gasteiger partial charge in [-0.1, -0.05) is 79.1 Å². The van der Waals surface area contributed by atoms with Gasteiger partial charge in [-0.3, -0.25) is 0 Å². The van der Waals surface area contributed by atoms with Gasteiger partial charge in [0.05, 0.1) is 0 Å². The summed E-state index contributed by atoms with van der Waals surface area (Å²) in [6, 6.07) is 0. The quantitative estimate of drug-likeness (QED) is 0.278. The van der Waals surface area contributed by atoms with Crippen molar-refractivity contribution >= 4 is 0 Å². The molecule has 0 amide bonds. The molecule has 0 saturated heterocycles. The highest BCUT2D eigenvalue weighted by atomic mass is 14.2. The molecule has 20 heavy (non-hydrogen) atoms. The minimum absolute atomic E-state index is 0.765. The number of rotatable bonds is 12. The molecule has 0 saturated carbocycles. The first-order chi connectivity index (χ1) is 9.72. The van der Waals surface area contributed by atoms with Crippen molar-refractivity contribution in [2.75, 3.05) is 0 Å². The fraction of sp³-hybridized carbons (Fsp3) is 0.800. The van der Waals surface area contributed by atoms with Gasteiger partial charge < -0.3 is 0 Å². The molecule has 0 nitrogen and oxygen atoms in total. The third-order valence-corrected chi connectivity index (χ3v) is 4.06. The second-order valence-electron chi connectivity index (χ2n) is 6.28. The molecule has 0 spiro atoms. The Morgan fingerprint density at radius 2 is 1.35 bits per heavy atom. The summed E-state index contributed by atoms with van der Waals surface area (Å²) < 4.78 is 0. The Balaban J connectivity index is 3.59. The highest BCUT2D eigenvalue weighted by Gasteiger charge is 2.11. The van der Waals surface area contributed by atoms with E-state index >= 15 is 0 Å². The van der Waals surface area contributed by atoms with E-state index in [9.17, 15) is 0 Å². The van der Waals surface area contributed by atoms with E-state index in [1.165, 1.54) is 51.4 Å². The molecule has 0 N–H and O–H groups in total. The fourth-order valence-corrected chi connectivity index (χ4v) is 2.52. The Morgan fingerprint density at radius 3 is 1.90 bits per heavy atom. The summed E-state index contributed by atoms with van der Waals surface area (Å²) in [4.78, 5) is 0. The van der Waals surface area contributed by atoms with Gasteiger partial charge in [0.15, 0.2) is 0 Å². The molecular weight excluding hydrogens is 240 g/mol. The molecule has 0 heteroatoms. The second kappa shape index (κ2) is 15.0. The van der Waals surface area contributed by atoms with Crippen molar-refractivity contribution in [3.05, 3.63) is 13.8 Å². The minimum Gasteiger partial charge on any atom is -0.103 e. The van der Waals surface area contributed by atoms with E-state index in [0.717, 1.165) is 37.5 Å². The highest BCUT2D eigenvalue weighted by Crippen LogP contribution is 2.22. The van der Waals surface area contributed by atoms with Gasteiger partial charge in [0, 0.05) is 12.8 Å². The lowest BCUT2D eigenvalue weighted by Crippen LogP contribution is -2.07. The predicted molar refractivity (Wildman–Crippen MR) is 92.2 cm³/mol. The fourth-order valence-electron chi connectivity index (χ4n) is 2.52. The number of unbranched alkanes of at least 4 members (excludes halogenated alkanes) is 8. The summed E-state index contributed by atoms with van der Waals surface area (Å²) in [6.45, 7) is 12.4. The van der Waals surface area contributed by atoms with Crippen LogP contribution in [0, 0.1) is 37.5 Å². The van der Waals surface area contributed by atoms with Gasteiger partial charge in [0.2, 0.25) is 0 Å². The first-order valence-corrected chi connectivity index (χ1v) is 8.76. The van der Waals surface area contributed by atoms with Gasteiger partial charge in [0.1, 0.15) is 0 Å². The average Bonchev–Trinajstić information content (AvgIpc) is 2.43. The SMILES string of the molecule is [CH2]CCC#CCC(CCCCCCCCC[CH2])C(C)C. The summed E-state index contributed by atoms with van der Waals surface area (Å²) >= 11 is 0. The van der Waals surface area contributed by atoms with Crippen LogP contribution in [-0.4, -0.2) is 0 Å². The Hall–Kier alpha value is -0.440. The summed E-state index contributed by atoms with van der Waals surface area (Å²) in [6.07, 6.45) is 15.1. The van der Waals surface area contributed by atoms with Gasteiger partial charge in [0.25, 0.3) is 0 Å². The van der Waals surface area contributed by atoms with Crippen LogP contribution in [-0.2, 0) is 0 Å². The van der Waals surface area contributed by atoms with Crippen molar-refractivity contribution in [3.63, 3.8) is 0 Å². The molecule has 0 aromatic rings. The Kier molecular flexibility index (Phi) is 14.6. The molecule has 1 atom stereocenters. The normalized spacial score (nSPS) is 12.2. The van der Waals surface area contributed by atoms with Crippen molar-refractivity contribution < 1.29 is 0 Å². The zero-order valence-corrected chi connectivity index (χ0v) is 14.1. The second-order valence-corrected chi connectivity index (χ2v) is 6.28. The molecule has 0 aliphatic heterocycles. The van der Waals surface area contributed by atoms with Gasteiger partial charge in [-0.25, -0.2) is 0 Å². The zero-order valence-electron chi connectivity index (χ0n) is 14.1. The molecule has 0 aromatic carbocycles. The molecule has 2 radical (unpaired) electrons. The molecule has 0 heterocycles. The maximum atomic E-state index is 3.89. The summed E-state index contributed by atoms with van der Waals surface area (Å²) in [5.74, 6) is 8.14. The lowest BCUT2D eigenvalue weighted by atomic mass is 9.87. The predicted octanol–water partition coefficient (Wildman–Crippen LogP) is 6.61. The average molecular weight is 277 g/mol. The van der Waals surface area contributed by atoms with Crippen LogP contribution in [0.4, 0.5) is 0 Å². The Morgan fingerprint density at radius 1 is 0.750 bits per heavy atom. The van der Waals surface area contributed by atoms with Gasteiger partial charge >= 0.3 is 0 Å². The van der Waals surface area contributed by atoms with E-state index in [-0.39, 0.29) is 0 Å². The van der Waals surface area contributed by atoms with Crippen LogP contribution >= 0.6 is 0 Å². The van der Waals surface area contributed by atoms with Crippen molar-refractivity contribution in [1.82, 2.24) is 0 Å². The van der Waals surface area contributed by atoms with Gasteiger partial charge in [-0.15, -0.1) is 11.8 Å². The topological polar surface area (TPSA) is 0 Å². The van der Waals surface area contributed by atoms with Crippen LogP contribution in [0.5, 0.6) is 0 Å². The molecule has 0 bridgehead atoms. The molecule has 0 aliphatic carbocycles. The Bertz CT molecular complexity index is 240. The highest BCUT2D eigenvalue weighted by molar-refractivity contribution is 5.00. The third-order valence-electron chi connectivity index (χ3n) is 4.06. The van der Waals surface area contributed by atoms with E-state index in [2.05, 4.69) is 39.5 Å². The van der Waals surface area contributed by atoms with Crippen molar-refractivity contribution in [1.29, 1.82) is 0 Å². The maximum Gasteiger partial charge on any atom is 0.0119 e. The molecule has 0 aromatic heterocycles. The zero-order chi connectivity index (χ0) is 15.1. The lowest BCUT2D eigenvalue weighted by molar-refractivity contribution is 0.352. The van der Waals surface area contributed by atoms with Crippen LogP contribution < -0.4 is 0 Å². The molecule has 1 unspecified atom stereocenters. The van der Waals surface area contributed by atoms with E-state index in [4.69, 9.17) is 0 Å². The third kappa shape index (κ3) is 12.6. The van der Waals surface area contributed by atoms with Crippen molar-refractivity contribution in [2.45, 2.75) is 90.9 Å². The van der Waals surface area contributed by atoms with Gasteiger partial charge in [-0.05, 0) is 24.7 Å². The molecule has 0 aliphatic rings. The minimum atomic E-state index is 0.765. The molecule has 116 valence electrons. The first-order valence-electron chi connectivity index (χ1n) is 8.76. The smallest absolute Gasteiger partial charge is 0.0119 e. The van der Waals surface area contributed by atoms with E-state index in [1.807, 2.05) is 0 Å². The number of hydrogen-bond acceptors (Lipinski definition) is 0. The van der Waals surface area contributed by atoms with Crippen LogP contribution in [0.15, 0.2) is 0 Å². The summed E-state index contributed by atoms with van der Waals surface area (Å²) in [7, 11) is 0. The summed E-state index contributed by atoms with van der Waals surface area (Å²) in [5, 5.41) is 0. The van der Waals surface area contributed by atoms with Crippen LogP contribution in [0.3, 0.4) is 0 Å². The van der Waals surface area contributed by atoms with E-state index in [0.29, 0.717) is 0 Å². The largest absolute Gasteiger partial charge is 0.103 e. The van der Waals surface area contributed by atoms with Crippen LogP contribution in [0.2, 0.25) is 0 Å². The van der Waals surface area contributed by atoms with E-state index in [1.54, 1.807) is 0 Å². The van der Waals surface area contributed by atoms with E-state index < -0.39 is 0 Å². The maximum absolute atomic E-state index is 3.89. The molecular formula is C20H36. The Labute approximate surface area is 129 Å². The van der Waals surface area contributed by atoms with Gasteiger partial charge in [-0.2, -0.15) is 0 Å². The number of hydrogen-bond donors (Lipinski definition) is 0. The summed E-state index contributed by atoms with van der Waals surface area (Å²) in [5.41, 5.74) is 0. The van der Waals surface area contributed by atoms with Crippen LogP contribution in [0.1, 0.15) is 90.9 Å². The molecule has 0 rings (SSSR count). The van der Waals surface area contributed by atoms with Crippen molar-refractivity contribution in [2.24, 2.45) is 11.8 Å². The molecule has 0 fully saturated rings. The van der Waals surface area contributed by atoms with Crippen LogP contribution in [0.25, 0.3) is 0 Å².